The summed E-state index contributed by atoms with van der Waals surface area (Å²) in [6.07, 6.45) is -0.293. The van der Waals surface area contributed by atoms with Gasteiger partial charge in [0, 0.05) is 12.2 Å². The number of benzene rings is 3. The molecule has 5 rings (SSSR count). The Morgan fingerprint density at radius 1 is 1.00 bits per heavy atom. The zero-order chi connectivity index (χ0) is 19.1. The van der Waals surface area contributed by atoms with E-state index in [2.05, 4.69) is 36.5 Å². The molecule has 3 aromatic rings. The van der Waals surface area contributed by atoms with E-state index < -0.39 is 0 Å². The molecule has 0 radical (unpaired) electrons. The van der Waals surface area contributed by atoms with Crippen LogP contribution in [0.25, 0.3) is 0 Å². The van der Waals surface area contributed by atoms with Crippen LogP contribution in [0.4, 0.5) is 5.69 Å². The zero-order valence-electron chi connectivity index (χ0n) is 15.5. The van der Waals surface area contributed by atoms with E-state index in [1.165, 1.54) is 5.56 Å². The van der Waals surface area contributed by atoms with Crippen LogP contribution < -0.4 is 14.8 Å². The first-order chi connectivity index (χ1) is 13.7. The number of nitrogens with one attached hydrogen (secondary N) is 1. The molecule has 0 aliphatic carbocycles. The number of rotatable bonds is 3. The first-order valence-corrected chi connectivity index (χ1v) is 9.31. The highest BCUT2D eigenvalue weighted by atomic mass is 16.7. The number of fused-ring (bicyclic) bond motifs is 2. The lowest BCUT2D eigenvalue weighted by Crippen LogP contribution is -2.42. The van der Waals surface area contributed by atoms with Gasteiger partial charge in [0.15, 0.2) is 11.5 Å². The van der Waals surface area contributed by atoms with Crippen LogP contribution in [0.3, 0.4) is 0 Å². The highest BCUT2D eigenvalue weighted by molar-refractivity contribution is 6.01. The SMILES string of the molecule is Cc1ccc(CN2C(=O)c3ccccc3N[C@@H]2c2ccc3c(c2)OCO3)cc1. The molecule has 0 bridgehead atoms. The number of para-hydroxylation sites is 1. The molecular weight excluding hydrogens is 352 g/mol. The van der Waals surface area contributed by atoms with Crippen LogP contribution in [0.1, 0.15) is 33.2 Å². The number of nitrogens with zero attached hydrogens (tertiary/aromatic N) is 1. The van der Waals surface area contributed by atoms with Gasteiger partial charge in [-0.25, -0.2) is 0 Å². The Bertz CT molecular complexity index is 1050. The van der Waals surface area contributed by atoms with Crippen molar-refractivity contribution in [3.63, 3.8) is 0 Å². The highest BCUT2D eigenvalue weighted by Gasteiger charge is 2.33. The number of aryl methyl sites for hydroxylation is 1. The Labute approximate surface area is 163 Å². The van der Waals surface area contributed by atoms with Crippen LogP contribution in [0.5, 0.6) is 11.5 Å². The number of ether oxygens (including phenoxy) is 2. The molecule has 0 spiro atoms. The molecule has 2 aliphatic heterocycles. The molecule has 0 unspecified atom stereocenters. The van der Waals surface area contributed by atoms with Crippen molar-refractivity contribution in [1.29, 1.82) is 0 Å². The molecule has 5 nitrogen and oxygen atoms in total. The fraction of sp³-hybridized carbons (Fsp3) is 0.174. The van der Waals surface area contributed by atoms with Gasteiger partial charge in [0.1, 0.15) is 6.17 Å². The minimum atomic E-state index is -0.293. The summed E-state index contributed by atoms with van der Waals surface area (Å²) >= 11 is 0. The first kappa shape index (κ1) is 16.7. The van der Waals surface area contributed by atoms with E-state index in [4.69, 9.17) is 9.47 Å². The topological polar surface area (TPSA) is 50.8 Å². The highest BCUT2D eigenvalue weighted by Crippen LogP contribution is 2.39. The monoisotopic (exact) mass is 372 g/mol. The summed E-state index contributed by atoms with van der Waals surface area (Å²) in [4.78, 5) is 15.2. The van der Waals surface area contributed by atoms with Crippen LogP contribution >= 0.6 is 0 Å². The van der Waals surface area contributed by atoms with Gasteiger partial charge in [-0.05, 0) is 42.3 Å². The van der Waals surface area contributed by atoms with E-state index in [1.54, 1.807) is 0 Å². The average molecular weight is 372 g/mol. The Hall–Kier alpha value is -3.47. The molecule has 1 atom stereocenters. The molecule has 0 aromatic heterocycles. The van der Waals surface area contributed by atoms with E-state index in [1.807, 2.05) is 47.4 Å². The Kier molecular flexibility index (Phi) is 3.93. The minimum Gasteiger partial charge on any atom is -0.454 e. The van der Waals surface area contributed by atoms with Gasteiger partial charge in [0.2, 0.25) is 6.79 Å². The number of hydrogen-bond acceptors (Lipinski definition) is 4. The summed E-state index contributed by atoms with van der Waals surface area (Å²) in [5, 5.41) is 3.53. The lowest BCUT2D eigenvalue weighted by Gasteiger charge is -2.38. The van der Waals surface area contributed by atoms with Crippen LogP contribution in [0.15, 0.2) is 66.7 Å². The van der Waals surface area contributed by atoms with Crippen molar-refractivity contribution in [3.05, 3.63) is 89.0 Å². The Morgan fingerprint density at radius 3 is 2.64 bits per heavy atom. The maximum Gasteiger partial charge on any atom is 0.258 e. The van der Waals surface area contributed by atoms with Crippen molar-refractivity contribution >= 4 is 11.6 Å². The van der Waals surface area contributed by atoms with Gasteiger partial charge in [-0.1, -0.05) is 48.0 Å². The van der Waals surface area contributed by atoms with E-state index in [-0.39, 0.29) is 18.9 Å². The summed E-state index contributed by atoms with van der Waals surface area (Å²) in [6.45, 7) is 2.80. The number of anilines is 1. The van der Waals surface area contributed by atoms with Crippen LogP contribution in [-0.4, -0.2) is 17.6 Å². The maximum absolute atomic E-state index is 13.3. The van der Waals surface area contributed by atoms with Crippen molar-refractivity contribution in [1.82, 2.24) is 4.90 Å². The second-order valence-electron chi connectivity index (χ2n) is 7.12. The van der Waals surface area contributed by atoms with E-state index in [0.717, 1.165) is 22.6 Å². The molecule has 2 aliphatic rings. The van der Waals surface area contributed by atoms with Crippen LogP contribution in [0.2, 0.25) is 0 Å². The van der Waals surface area contributed by atoms with E-state index in [9.17, 15) is 4.79 Å². The summed E-state index contributed by atoms with van der Waals surface area (Å²) in [5.41, 5.74) is 4.77. The largest absolute Gasteiger partial charge is 0.454 e. The van der Waals surface area contributed by atoms with Gasteiger partial charge >= 0.3 is 0 Å². The quantitative estimate of drug-likeness (QED) is 0.736. The molecule has 2 heterocycles. The summed E-state index contributed by atoms with van der Waals surface area (Å²) in [6, 6.07) is 21.7. The third-order valence-corrected chi connectivity index (χ3v) is 5.21. The van der Waals surface area contributed by atoms with E-state index in [0.29, 0.717) is 17.9 Å². The number of carbonyl (C=O) groups is 1. The van der Waals surface area contributed by atoms with Gasteiger partial charge in [-0.3, -0.25) is 4.79 Å². The summed E-state index contributed by atoms with van der Waals surface area (Å²) in [5.74, 6) is 1.45. The molecule has 28 heavy (non-hydrogen) atoms. The third kappa shape index (κ3) is 2.85. The second kappa shape index (κ2) is 6.60. The summed E-state index contributed by atoms with van der Waals surface area (Å²) in [7, 11) is 0. The van der Waals surface area contributed by atoms with Gasteiger partial charge in [0.25, 0.3) is 5.91 Å². The van der Waals surface area contributed by atoms with Crippen molar-refractivity contribution in [3.8, 4) is 11.5 Å². The van der Waals surface area contributed by atoms with Crippen molar-refractivity contribution in [2.24, 2.45) is 0 Å². The van der Waals surface area contributed by atoms with Crippen molar-refractivity contribution < 1.29 is 14.3 Å². The predicted octanol–water partition coefficient (Wildman–Crippen LogP) is 4.49. The molecular formula is C23H20N2O3. The number of carbonyl (C=O) groups excluding carboxylic acids is 1. The van der Waals surface area contributed by atoms with Crippen molar-refractivity contribution in [2.45, 2.75) is 19.6 Å². The smallest absolute Gasteiger partial charge is 0.258 e. The van der Waals surface area contributed by atoms with E-state index >= 15 is 0 Å². The van der Waals surface area contributed by atoms with Gasteiger partial charge in [-0.15, -0.1) is 0 Å². The minimum absolute atomic E-state index is 0.0117. The van der Waals surface area contributed by atoms with Gasteiger partial charge < -0.3 is 19.7 Å². The number of hydrogen-bond donors (Lipinski definition) is 1. The molecule has 5 heteroatoms. The molecule has 0 saturated heterocycles. The zero-order valence-corrected chi connectivity index (χ0v) is 15.5. The predicted molar refractivity (Wildman–Crippen MR) is 106 cm³/mol. The normalized spacial score (nSPS) is 17.2. The molecule has 140 valence electrons. The fourth-order valence-corrected chi connectivity index (χ4v) is 3.69. The molecule has 1 amide bonds. The lowest BCUT2D eigenvalue weighted by molar-refractivity contribution is 0.0666. The second-order valence-corrected chi connectivity index (χ2v) is 7.12. The fourth-order valence-electron chi connectivity index (χ4n) is 3.69. The Balaban J connectivity index is 1.55. The Morgan fingerprint density at radius 2 is 1.79 bits per heavy atom. The van der Waals surface area contributed by atoms with Gasteiger partial charge in [0.05, 0.1) is 5.56 Å². The number of amides is 1. The molecule has 3 aromatic carbocycles. The van der Waals surface area contributed by atoms with Crippen molar-refractivity contribution in [2.75, 3.05) is 12.1 Å². The average Bonchev–Trinajstić information content (AvgIpc) is 3.19. The first-order valence-electron chi connectivity index (χ1n) is 9.31. The maximum atomic E-state index is 13.3. The van der Waals surface area contributed by atoms with Gasteiger partial charge in [-0.2, -0.15) is 0 Å². The molecule has 0 saturated carbocycles. The summed E-state index contributed by atoms with van der Waals surface area (Å²) < 4.78 is 11.0. The molecule has 0 fully saturated rings. The lowest BCUT2D eigenvalue weighted by atomic mass is 10.0. The third-order valence-electron chi connectivity index (χ3n) is 5.21. The van der Waals surface area contributed by atoms with Crippen LogP contribution in [0, 0.1) is 6.92 Å². The van der Waals surface area contributed by atoms with Crippen LogP contribution in [-0.2, 0) is 6.54 Å². The standard InChI is InChI=1S/C23H20N2O3/c1-15-6-8-16(9-7-15)13-25-22(17-10-11-20-21(12-17)28-14-27-20)24-19-5-3-2-4-18(19)23(25)26/h2-12,22,24H,13-14H2,1H3/t22-/m0/s1. The molecule has 1 N–H and O–H groups in total.